The summed E-state index contributed by atoms with van der Waals surface area (Å²) in [6, 6.07) is 6.57. The van der Waals surface area contributed by atoms with E-state index in [2.05, 4.69) is 14.9 Å². The normalized spacial score (nSPS) is 10.8. The van der Waals surface area contributed by atoms with Gasteiger partial charge in [-0.2, -0.15) is 4.98 Å². The molecule has 1 aromatic heterocycles. The third-order valence-electron chi connectivity index (χ3n) is 2.60. The third-order valence-corrected chi connectivity index (χ3v) is 2.60. The molecular weight excluding hydrogens is 306 g/mol. The van der Waals surface area contributed by atoms with E-state index in [1.807, 2.05) is 5.32 Å². The van der Waals surface area contributed by atoms with E-state index in [0.29, 0.717) is 5.56 Å². The molecule has 0 spiro atoms. The molecule has 0 bridgehead atoms. The number of benzene rings is 1. The molecule has 0 radical (unpaired) electrons. The second-order valence-electron chi connectivity index (χ2n) is 4.02. The maximum Gasteiger partial charge on any atom is 0.422 e. The zero-order valence-electron chi connectivity index (χ0n) is 12.3. The number of hydrogen-bond donors (Lipinski definition) is 1. The van der Waals surface area contributed by atoms with Crippen molar-refractivity contribution < 1.29 is 28.3 Å². The monoisotopic (exact) mass is 319 g/mol. The van der Waals surface area contributed by atoms with Crippen molar-refractivity contribution in [1.82, 2.24) is 15.5 Å². The largest absolute Gasteiger partial charge is 0.504 e. The van der Waals surface area contributed by atoms with Crippen LogP contribution in [-0.2, 0) is 14.3 Å². The molecule has 9 nitrogen and oxygen atoms in total. The average molecular weight is 319 g/mol. The Morgan fingerprint density at radius 1 is 1.26 bits per heavy atom. The first-order chi connectivity index (χ1) is 11.2. The molecule has 1 aromatic carbocycles. The van der Waals surface area contributed by atoms with Crippen molar-refractivity contribution in [3.05, 3.63) is 42.4 Å². The van der Waals surface area contributed by atoms with Gasteiger partial charge in [-0.05, 0) is 6.07 Å². The molecule has 2 aromatic rings. The number of imide groups is 1. The molecule has 23 heavy (non-hydrogen) atoms. The van der Waals surface area contributed by atoms with E-state index in [4.69, 9.17) is 14.0 Å². The van der Waals surface area contributed by atoms with Gasteiger partial charge in [-0.25, -0.2) is 4.79 Å². The van der Waals surface area contributed by atoms with Crippen molar-refractivity contribution in [1.29, 1.82) is 0 Å². The van der Waals surface area contributed by atoms with E-state index in [0.717, 1.165) is 7.11 Å². The number of nitrogens with zero attached hydrogens (tertiary/aromatic N) is 2. The van der Waals surface area contributed by atoms with E-state index < -0.39 is 12.0 Å². The summed E-state index contributed by atoms with van der Waals surface area (Å²) < 4.78 is 19.5. The number of carbonyl (C=O) groups is 2. The lowest BCUT2D eigenvalue weighted by Crippen LogP contribution is -2.31. The summed E-state index contributed by atoms with van der Waals surface area (Å²) in [6.07, 6.45) is 1.36. The molecule has 0 aliphatic heterocycles. The number of methoxy groups -OCH3 is 2. The molecule has 2 rings (SSSR count). The second kappa shape index (κ2) is 7.59. The van der Waals surface area contributed by atoms with Crippen LogP contribution in [0.1, 0.15) is 5.56 Å². The molecule has 0 saturated carbocycles. The van der Waals surface area contributed by atoms with Gasteiger partial charge in [-0.3, -0.25) is 14.6 Å². The van der Waals surface area contributed by atoms with Crippen LogP contribution in [0.2, 0.25) is 0 Å². The van der Waals surface area contributed by atoms with E-state index in [1.165, 1.54) is 19.7 Å². The first kappa shape index (κ1) is 16.0. The molecular formula is C14H13N3O6. The molecule has 0 atom stereocenters. The van der Waals surface area contributed by atoms with E-state index >= 15 is 0 Å². The smallest absolute Gasteiger partial charge is 0.422 e. The predicted molar refractivity (Wildman–Crippen MR) is 76.3 cm³/mol. The minimum absolute atomic E-state index is 0.0491. The lowest BCUT2D eigenvalue weighted by Gasteiger charge is -2.11. The van der Waals surface area contributed by atoms with Gasteiger partial charge in [0.2, 0.25) is 0 Å². The van der Waals surface area contributed by atoms with Crippen LogP contribution >= 0.6 is 0 Å². The minimum atomic E-state index is -0.896. The Hall–Kier alpha value is -3.36. The molecule has 1 heterocycles. The maximum absolute atomic E-state index is 12.2. The zero-order valence-corrected chi connectivity index (χ0v) is 12.3. The Bertz CT molecular complexity index is 711. The Balaban J connectivity index is 2.34. The highest BCUT2D eigenvalue weighted by Crippen LogP contribution is 2.29. The van der Waals surface area contributed by atoms with Gasteiger partial charge in [0.15, 0.2) is 6.33 Å². The fourth-order valence-electron chi connectivity index (χ4n) is 1.65. The fourth-order valence-corrected chi connectivity index (χ4v) is 1.65. The van der Waals surface area contributed by atoms with E-state index in [-0.39, 0.29) is 17.4 Å². The van der Waals surface area contributed by atoms with Crippen LogP contribution in [0, 0.1) is 0 Å². The number of amides is 2. The summed E-state index contributed by atoms with van der Waals surface area (Å²) in [6.45, 7) is 0. The van der Waals surface area contributed by atoms with Crippen LogP contribution in [-0.4, -0.2) is 36.4 Å². The first-order valence-electron chi connectivity index (χ1n) is 6.32. The lowest BCUT2D eigenvalue weighted by atomic mass is 10.1. The summed E-state index contributed by atoms with van der Waals surface area (Å²) in [5.74, 6) is -0.458. The van der Waals surface area contributed by atoms with Gasteiger partial charge >= 0.3 is 12.2 Å². The number of ether oxygens (including phenoxy) is 3. The van der Waals surface area contributed by atoms with Crippen molar-refractivity contribution >= 4 is 17.6 Å². The van der Waals surface area contributed by atoms with Gasteiger partial charge in [0, 0.05) is 5.56 Å². The molecule has 0 fully saturated rings. The Kier molecular flexibility index (Phi) is 5.29. The maximum atomic E-state index is 12.2. The molecule has 0 saturated heterocycles. The number of nitrogens with one attached hydrogen (secondary N) is 1. The molecule has 120 valence electrons. The van der Waals surface area contributed by atoms with Crippen LogP contribution in [0.15, 0.2) is 41.4 Å². The molecule has 1 N–H and O–H groups in total. The third kappa shape index (κ3) is 4.06. The standard InChI is InChI=1S/C14H13N3O6/c1-20-7-10(12(18)17-13(19)21-2)9-5-3-4-6-11(9)22-14-15-8-16-23-14/h3-8H,1-2H3,(H,17,18,19)/b10-7+. The Morgan fingerprint density at radius 2 is 2.04 bits per heavy atom. The van der Waals surface area contributed by atoms with Gasteiger partial charge in [0.25, 0.3) is 5.91 Å². The van der Waals surface area contributed by atoms with Gasteiger partial charge in [-0.15, -0.1) is 0 Å². The predicted octanol–water partition coefficient (Wildman–Crippen LogP) is 1.73. The van der Waals surface area contributed by atoms with Crippen LogP contribution in [0.3, 0.4) is 0 Å². The molecule has 0 aliphatic rings. The van der Waals surface area contributed by atoms with Crippen molar-refractivity contribution in [3.8, 4) is 11.8 Å². The van der Waals surface area contributed by atoms with Crippen LogP contribution in [0.25, 0.3) is 5.57 Å². The number of carbonyl (C=O) groups excluding carboxylic acids is 2. The van der Waals surface area contributed by atoms with Gasteiger partial charge in [-0.1, -0.05) is 23.4 Å². The number of para-hydroxylation sites is 1. The fraction of sp³-hybridized carbons (Fsp3) is 0.143. The Morgan fingerprint density at radius 3 is 2.70 bits per heavy atom. The summed E-state index contributed by atoms with van der Waals surface area (Å²) in [5.41, 5.74) is 0.405. The average Bonchev–Trinajstić information content (AvgIpc) is 3.06. The summed E-state index contributed by atoms with van der Waals surface area (Å²) in [5, 5.41) is 5.47. The zero-order chi connectivity index (χ0) is 16.7. The topological polar surface area (TPSA) is 113 Å². The van der Waals surface area contributed by atoms with Gasteiger partial charge < -0.3 is 14.2 Å². The van der Waals surface area contributed by atoms with Crippen molar-refractivity contribution in [2.75, 3.05) is 14.2 Å². The second-order valence-corrected chi connectivity index (χ2v) is 4.02. The number of alkyl carbamates (subject to hydrolysis) is 1. The SMILES string of the molecule is CO/C=C(/C(=O)NC(=O)OC)c1ccccc1Oc1ncno1. The molecule has 9 heteroatoms. The van der Waals surface area contributed by atoms with Crippen molar-refractivity contribution in [2.45, 2.75) is 0 Å². The first-order valence-corrected chi connectivity index (χ1v) is 6.32. The number of aromatic nitrogens is 2. The quantitative estimate of drug-likeness (QED) is 0.655. The van der Waals surface area contributed by atoms with Crippen molar-refractivity contribution in [3.63, 3.8) is 0 Å². The molecule has 0 unspecified atom stereocenters. The lowest BCUT2D eigenvalue weighted by molar-refractivity contribution is -0.115. The van der Waals surface area contributed by atoms with Gasteiger partial charge in [0.1, 0.15) is 5.75 Å². The minimum Gasteiger partial charge on any atom is -0.504 e. The number of rotatable bonds is 5. The number of hydrogen-bond acceptors (Lipinski definition) is 8. The summed E-state index contributed by atoms with van der Waals surface area (Å²) in [7, 11) is 2.52. The highest BCUT2D eigenvalue weighted by Gasteiger charge is 2.20. The van der Waals surface area contributed by atoms with E-state index in [1.54, 1.807) is 24.3 Å². The highest BCUT2D eigenvalue weighted by atomic mass is 16.6. The summed E-state index contributed by atoms with van der Waals surface area (Å²) >= 11 is 0. The van der Waals surface area contributed by atoms with Crippen LogP contribution < -0.4 is 10.1 Å². The summed E-state index contributed by atoms with van der Waals surface area (Å²) in [4.78, 5) is 27.1. The van der Waals surface area contributed by atoms with Crippen molar-refractivity contribution in [2.24, 2.45) is 0 Å². The molecule has 0 aliphatic carbocycles. The van der Waals surface area contributed by atoms with Crippen LogP contribution in [0.4, 0.5) is 4.79 Å². The van der Waals surface area contributed by atoms with E-state index in [9.17, 15) is 9.59 Å². The molecule has 2 amide bonds. The highest BCUT2D eigenvalue weighted by molar-refractivity contribution is 6.23. The Labute approximate surface area is 130 Å². The van der Waals surface area contributed by atoms with Gasteiger partial charge in [0.05, 0.1) is 26.1 Å². The van der Waals surface area contributed by atoms with Crippen LogP contribution in [0.5, 0.6) is 11.8 Å².